The second kappa shape index (κ2) is 5.11. The van der Waals surface area contributed by atoms with Gasteiger partial charge in [0, 0.05) is 12.1 Å². The highest BCUT2D eigenvalue weighted by atomic mass is 19.1. The van der Waals surface area contributed by atoms with Crippen molar-refractivity contribution < 1.29 is 19.1 Å². The third kappa shape index (κ3) is 3.07. The number of aliphatic carboxylic acids is 1. The highest BCUT2D eigenvalue weighted by Gasteiger charge is 2.30. The largest absolute Gasteiger partial charge is 0.481 e. The van der Waals surface area contributed by atoms with Crippen molar-refractivity contribution in [1.29, 1.82) is 0 Å². The van der Waals surface area contributed by atoms with Crippen LogP contribution in [0.4, 0.5) is 14.9 Å². The van der Waals surface area contributed by atoms with Crippen molar-refractivity contribution in [2.24, 2.45) is 0 Å². The van der Waals surface area contributed by atoms with Gasteiger partial charge in [0.25, 0.3) is 0 Å². The van der Waals surface area contributed by atoms with Crippen LogP contribution in [-0.2, 0) is 11.2 Å². The summed E-state index contributed by atoms with van der Waals surface area (Å²) in [7, 11) is 0. The lowest BCUT2D eigenvalue weighted by atomic mass is 10.0. The van der Waals surface area contributed by atoms with Crippen LogP contribution in [0.5, 0.6) is 0 Å². The predicted molar refractivity (Wildman–Crippen MR) is 72.3 cm³/mol. The van der Waals surface area contributed by atoms with E-state index in [-0.39, 0.29) is 6.42 Å². The Labute approximate surface area is 116 Å². The van der Waals surface area contributed by atoms with E-state index in [9.17, 15) is 14.0 Å². The number of rotatable bonds is 3. The standard InChI is InChI=1S/C14H17FN2O3/c1-14(2,8-12(18)19)16-13(20)17-6-5-9-3-4-10(15)7-11(9)17/h3-4,7H,5-6,8H2,1-2H3,(H,16,20)(H,18,19). The summed E-state index contributed by atoms with van der Waals surface area (Å²) in [6, 6.07) is 3.96. The van der Waals surface area contributed by atoms with Crippen LogP contribution >= 0.6 is 0 Å². The molecule has 1 aromatic carbocycles. The van der Waals surface area contributed by atoms with E-state index in [0.29, 0.717) is 18.7 Å². The van der Waals surface area contributed by atoms with Crippen LogP contribution in [0.3, 0.4) is 0 Å². The number of carboxylic acid groups (broad SMARTS) is 1. The summed E-state index contributed by atoms with van der Waals surface area (Å²) in [6.07, 6.45) is 0.491. The van der Waals surface area contributed by atoms with Gasteiger partial charge in [-0.05, 0) is 38.0 Å². The molecule has 0 atom stereocenters. The third-order valence-corrected chi connectivity index (χ3v) is 3.23. The van der Waals surface area contributed by atoms with Gasteiger partial charge < -0.3 is 10.4 Å². The molecule has 0 bridgehead atoms. The number of carbonyl (C=O) groups excluding carboxylic acids is 1. The number of nitrogens with one attached hydrogen (secondary N) is 1. The molecular weight excluding hydrogens is 263 g/mol. The highest BCUT2D eigenvalue weighted by Crippen LogP contribution is 2.29. The van der Waals surface area contributed by atoms with E-state index in [1.165, 1.54) is 17.0 Å². The Bertz CT molecular complexity index is 557. The van der Waals surface area contributed by atoms with Crippen molar-refractivity contribution in [3.63, 3.8) is 0 Å². The molecule has 5 nitrogen and oxygen atoms in total. The topological polar surface area (TPSA) is 69.6 Å². The first-order chi connectivity index (χ1) is 9.28. The first-order valence-electron chi connectivity index (χ1n) is 6.38. The first-order valence-corrected chi connectivity index (χ1v) is 6.38. The smallest absolute Gasteiger partial charge is 0.322 e. The molecular formula is C14H17FN2O3. The molecule has 0 spiro atoms. The zero-order chi connectivity index (χ0) is 14.9. The van der Waals surface area contributed by atoms with Crippen LogP contribution in [0.2, 0.25) is 0 Å². The van der Waals surface area contributed by atoms with Crippen molar-refractivity contribution in [3.8, 4) is 0 Å². The van der Waals surface area contributed by atoms with Gasteiger partial charge in [-0.2, -0.15) is 0 Å². The van der Waals surface area contributed by atoms with Gasteiger partial charge in [0.2, 0.25) is 0 Å². The van der Waals surface area contributed by atoms with Gasteiger partial charge in [-0.25, -0.2) is 9.18 Å². The molecule has 1 heterocycles. The number of carboxylic acids is 1. The number of anilines is 1. The second-order valence-corrected chi connectivity index (χ2v) is 5.56. The number of hydrogen-bond acceptors (Lipinski definition) is 2. The number of halogens is 1. The summed E-state index contributed by atoms with van der Waals surface area (Å²) in [5.74, 6) is -1.38. The lowest BCUT2D eigenvalue weighted by Gasteiger charge is -2.28. The van der Waals surface area contributed by atoms with Gasteiger partial charge in [0.1, 0.15) is 5.82 Å². The molecule has 0 unspecified atom stereocenters. The Morgan fingerprint density at radius 2 is 2.15 bits per heavy atom. The van der Waals surface area contributed by atoms with E-state index >= 15 is 0 Å². The zero-order valence-corrected chi connectivity index (χ0v) is 11.4. The molecule has 2 amide bonds. The van der Waals surface area contributed by atoms with Gasteiger partial charge >= 0.3 is 12.0 Å². The Morgan fingerprint density at radius 3 is 2.80 bits per heavy atom. The van der Waals surface area contributed by atoms with Crippen LogP contribution in [0.15, 0.2) is 18.2 Å². The van der Waals surface area contributed by atoms with Gasteiger partial charge in [0.15, 0.2) is 0 Å². The molecule has 0 radical (unpaired) electrons. The molecule has 0 aromatic heterocycles. The van der Waals surface area contributed by atoms with E-state index in [1.54, 1.807) is 19.9 Å². The molecule has 0 saturated heterocycles. The minimum Gasteiger partial charge on any atom is -0.481 e. The number of fused-ring (bicyclic) bond motifs is 1. The van der Waals surface area contributed by atoms with Gasteiger partial charge in [0.05, 0.1) is 12.1 Å². The van der Waals surface area contributed by atoms with E-state index < -0.39 is 23.4 Å². The minimum atomic E-state index is -0.983. The summed E-state index contributed by atoms with van der Waals surface area (Å²) >= 11 is 0. The minimum absolute atomic E-state index is 0.178. The summed E-state index contributed by atoms with van der Waals surface area (Å²) in [5.41, 5.74) is 0.602. The molecule has 2 N–H and O–H groups in total. The normalized spacial score (nSPS) is 14.1. The van der Waals surface area contributed by atoms with Crippen molar-refractivity contribution >= 4 is 17.7 Å². The highest BCUT2D eigenvalue weighted by molar-refractivity contribution is 5.94. The van der Waals surface area contributed by atoms with Gasteiger partial charge in [-0.1, -0.05) is 6.07 Å². The quantitative estimate of drug-likeness (QED) is 0.891. The average Bonchev–Trinajstić information content (AvgIpc) is 2.68. The van der Waals surface area contributed by atoms with Crippen LogP contribution < -0.4 is 10.2 Å². The third-order valence-electron chi connectivity index (χ3n) is 3.23. The van der Waals surface area contributed by atoms with Gasteiger partial charge in [-0.15, -0.1) is 0 Å². The van der Waals surface area contributed by atoms with Crippen LogP contribution in [0, 0.1) is 5.82 Å². The zero-order valence-electron chi connectivity index (χ0n) is 11.4. The number of amides is 2. The molecule has 20 heavy (non-hydrogen) atoms. The molecule has 1 aliphatic heterocycles. The number of carbonyl (C=O) groups is 2. The SMILES string of the molecule is CC(C)(CC(=O)O)NC(=O)N1CCc2ccc(F)cc21. The van der Waals surface area contributed by atoms with Crippen LogP contribution in [-0.4, -0.2) is 29.2 Å². The molecule has 1 aliphatic rings. The van der Waals surface area contributed by atoms with E-state index in [2.05, 4.69) is 5.32 Å². The van der Waals surface area contributed by atoms with Crippen molar-refractivity contribution in [3.05, 3.63) is 29.6 Å². The Balaban J connectivity index is 2.13. The number of benzene rings is 1. The lowest BCUT2D eigenvalue weighted by molar-refractivity contribution is -0.138. The van der Waals surface area contributed by atoms with Crippen molar-refractivity contribution in [2.75, 3.05) is 11.4 Å². The summed E-state index contributed by atoms with van der Waals surface area (Å²) < 4.78 is 13.3. The predicted octanol–water partition coefficient (Wildman–Crippen LogP) is 2.15. The van der Waals surface area contributed by atoms with E-state index in [4.69, 9.17) is 5.11 Å². The molecule has 0 aliphatic carbocycles. The van der Waals surface area contributed by atoms with Crippen LogP contribution in [0.1, 0.15) is 25.8 Å². The Hall–Kier alpha value is -2.11. The molecule has 2 rings (SSSR count). The number of hydrogen-bond donors (Lipinski definition) is 2. The second-order valence-electron chi connectivity index (χ2n) is 5.56. The molecule has 108 valence electrons. The molecule has 0 saturated carbocycles. The monoisotopic (exact) mass is 280 g/mol. The maximum absolute atomic E-state index is 13.3. The van der Waals surface area contributed by atoms with Crippen molar-refractivity contribution in [2.45, 2.75) is 32.2 Å². The average molecular weight is 280 g/mol. The fourth-order valence-corrected chi connectivity index (χ4v) is 2.34. The maximum Gasteiger partial charge on any atom is 0.322 e. The molecule has 0 fully saturated rings. The Morgan fingerprint density at radius 1 is 1.45 bits per heavy atom. The van der Waals surface area contributed by atoms with E-state index in [1.807, 2.05) is 0 Å². The summed E-state index contributed by atoms with van der Waals surface area (Å²) in [5, 5.41) is 11.5. The molecule has 1 aromatic rings. The lowest BCUT2D eigenvalue weighted by Crippen LogP contribution is -2.50. The molecule has 6 heteroatoms. The summed E-state index contributed by atoms with van der Waals surface area (Å²) in [6.45, 7) is 3.75. The maximum atomic E-state index is 13.3. The fraction of sp³-hybridized carbons (Fsp3) is 0.429. The number of urea groups is 1. The summed E-state index contributed by atoms with van der Waals surface area (Å²) in [4.78, 5) is 24.4. The van der Waals surface area contributed by atoms with Crippen LogP contribution in [0.25, 0.3) is 0 Å². The van der Waals surface area contributed by atoms with E-state index in [0.717, 1.165) is 5.56 Å². The first kappa shape index (κ1) is 14.3. The number of nitrogens with zero attached hydrogens (tertiary/aromatic N) is 1. The van der Waals surface area contributed by atoms with Crippen molar-refractivity contribution in [1.82, 2.24) is 5.32 Å². The van der Waals surface area contributed by atoms with Gasteiger partial charge in [-0.3, -0.25) is 9.69 Å². The fourth-order valence-electron chi connectivity index (χ4n) is 2.34. The Kier molecular flexibility index (Phi) is 3.65.